The van der Waals surface area contributed by atoms with Gasteiger partial charge in [0.2, 0.25) is 0 Å². The number of pyridine rings is 1. The van der Waals surface area contributed by atoms with Crippen LogP contribution in [-0.2, 0) is 10.9 Å². The molecular weight excluding hydrogens is 625 g/mol. The first-order valence-corrected chi connectivity index (χ1v) is 16.8. The number of hydrogen-bond acceptors (Lipinski definition) is 7. The van der Waals surface area contributed by atoms with E-state index in [2.05, 4.69) is 22.2 Å². The van der Waals surface area contributed by atoms with Crippen molar-refractivity contribution < 1.29 is 32.2 Å². The minimum Gasteiger partial charge on any atom is -0.494 e. The number of methoxy groups -OCH3 is 1. The van der Waals surface area contributed by atoms with Crippen LogP contribution in [0.2, 0.25) is 0 Å². The van der Waals surface area contributed by atoms with E-state index in [0.717, 1.165) is 88.6 Å². The van der Waals surface area contributed by atoms with Gasteiger partial charge < -0.3 is 24.6 Å². The molecule has 0 atom stereocenters. The molecule has 10 nitrogen and oxygen atoms in total. The number of aromatic nitrogens is 3. The average molecular weight is 673 g/mol. The number of nitrogens with zero attached hydrogens (tertiary/aromatic N) is 5. The van der Waals surface area contributed by atoms with Gasteiger partial charge in [-0.25, -0.2) is 9.78 Å². The third-order valence-electron chi connectivity index (χ3n) is 9.31. The van der Waals surface area contributed by atoms with Gasteiger partial charge >= 0.3 is 12.3 Å². The van der Waals surface area contributed by atoms with Crippen molar-refractivity contribution in [3.8, 4) is 5.75 Å². The van der Waals surface area contributed by atoms with E-state index in [1.165, 1.54) is 13.2 Å². The maximum Gasteiger partial charge on any atom is 0.433 e. The molecule has 1 aromatic carbocycles. The summed E-state index contributed by atoms with van der Waals surface area (Å²) in [6, 6.07) is 6.93. The van der Waals surface area contributed by atoms with Gasteiger partial charge in [-0.05, 0) is 109 Å². The fourth-order valence-corrected chi connectivity index (χ4v) is 6.69. The van der Waals surface area contributed by atoms with Crippen LogP contribution in [0.3, 0.4) is 0 Å². The summed E-state index contributed by atoms with van der Waals surface area (Å²) in [4.78, 5) is 32.9. The molecular formula is C35H47F3N6O4. The van der Waals surface area contributed by atoms with Crippen molar-refractivity contribution in [1.82, 2.24) is 24.6 Å². The number of piperidine rings is 1. The number of halogens is 3. The van der Waals surface area contributed by atoms with Gasteiger partial charge in [0.25, 0.3) is 5.91 Å². The highest BCUT2D eigenvalue weighted by molar-refractivity contribution is 6.05. The summed E-state index contributed by atoms with van der Waals surface area (Å²) in [5, 5.41) is 8.25. The zero-order chi connectivity index (χ0) is 34.6. The zero-order valence-corrected chi connectivity index (χ0v) is 28.5. The minimum absolute atomic E-state index is 0.208. The van der Waals surface area contributed by atoms with Gasteiger partial charge in [0.1, 0.15) is 22.7 Å². The van der Waals surface area contributed by atoms with Crippen molar-refractivity contribution in [1.29, 1.82) is 0 Å². The highest BCUT2D eigenvalue weighted by atomic mass is 19.4. The van der Waals surface area contributed by atoms with Crippen molar-refractivity contribution in [3.63, 3.8) is 0 Å². The molecule has 3 aromatic rings. The van der Waals surface area contributed by atoms with Crippen LogP contribution >= 0.6 is 0 Å². The van der Waals surface area contributed by atoms with Crippen LogP contribution in [0.1, 0.15) is 87.9 Å². The molecule has 5 rings (SSSR count). The number of fused-ring (bicyclic) bond motifs is 1. The highest BCUT2D eigenvalue weighted by Gasteiger charge is 2.33. The molecule has 0 bridgehead atoms. The summed E-state index contributed by atoms with van der Waals surface area (Å²) in [7, 11) is 3.67. The van der Waals surface area contributed by atoms with Gasteiger partial charge in [-0.1, -0.05) is 6.07 Å². The molecule has 0 radical (unpaired) electrons. The Labute approximate surface area is 279 Å². The van der Waals surface area contributed by atoms with Crippen molar-refractivity contribution in [2.45, 2.75) is 83.5 Å². The third kappa shape index (κ3) is 9.18. The topological polar surface area (TPSA) is 102 Å². The Morgan fingerprint density at radius 1 is 1.02 bits per heavy atom. The molecule has 1 aliphatic carbocycles. The minimum atomic E-state index is -4.65. The fourth-order valence-electron chi connectivity index (χ4n) is 6.69. The van der Waals surface area contributed by atoms with Crippen LogP contribution in [0.5, 0.6) is 5.75 Å². The first-order chi connectivity index (χ1) is 22.7. The molecule has 1 saturated heterocycles. The van der Waals surface area contributed by atoms with Gasteiger partial charge in [0, 0.05) is 37.3 Å². The smallest absolute Gasteiger partial charge is 0.433 e. The number of anilines is 1. The molecule has 1 saturated carbocycles. The molecule has 48 heavy (non-hydrogen) atoms. The average Bonchev–Trinajstić information content (AvgIpc) is 3.45. The van der Waals surface area contributed by atoms with Crippen LogP contribution in [0, 0.1) is 11.8 Å². The molecule has 1 N–H and O–H groups in total. The van der Waals surface area contributed by atoms with E-state index >= 15 is 0 Å². The molecule has 262 valence electrons. The molecule has 2 amide bonds. The summed E-state index contributed by atoms with van der Waals surface area (Å²) in [6.07, 6.45) is 4.50. The Morgan fingerprint density at radius 2 is 1.73 bits per heavy atom. The van der Waals surface area contributed by atoms with E-state index < -0.39 is 23.4 Å². The van der Waals surface area contributed by atoms with Crippen LogP contribution < -0.4 is 10.1 Å². The van der Waals surface area contributed by atoms with E-state index in [-0.39, 0.29) is 17.8 Å². The Balaban J connectivity index is 1.10. The quantitative estimate of drug-likeness (QED) is 0.253. The number of hydrogen-bond donors (Lipinski definition) is 1. The van der Waals surface area contributed by atoms with Crippen molar-refractivity contribution in [2.75, 3.05) is 45.7 Å². The lowest BCUT2D eigenvalue weighted by Crippen LogP contribution is -2.42. The predicted molar refractivity (Wildman–Crippen MR) is 177 cm³/mol. The van der Waals surface area contributed by atoms with Crippen LogP contribution in [0.25, 0.3) is 10.9 Å². The highest BCUT2D eigenvalue weighted by Crippen LogP contribution is 2.36. The van der Waals surface area contributed by atoms with Crippen molar-refractivity contribution in [2.24, 2.45) is 11.8 Å². The number of ether oxygens (including phenoxy) is 2. The second-order valence-corrected chi connectivity index (χ2v) is 14.2. The second kappa shape index (κ2) is 14.7. The van der Waals surface area contributed by atoms with Gasteiger partial charge in [-0.3, -0.25) is 9.48 Å². The number of benzene rings is 1. The lowest BCUT2D eigenvalue weighted by Gasteiger charge is -2.35. The molecule has 13 heteroatoms. The monoisotopic (exact) mass is 672 g/mol. The van der Waals surface area contributed by atoms with Crippen molar-refractivity contribution >= 4 is 28.6 Å². The lowest BCUT2D eigenvalue weighted by molar-refractivity contribution is -0.141. The zero-order valence-electron chi connectivity index (χ0n) is 28.5. The molecule has 3 heterocycles. The Hall–Kier alpha value is -3.87. The van der Waals surface area contributed by atoms with Gasteiger partial charge in [-0.15, -0.1) is 0 Å². The molecule has 2 aromatic heterocycles. The summed E-state index contributed by atoms with van der Waals surface area (Å²) in [6.45, 7) is 9.32. The molecule has 1 aliphatic heterocycles. The number of nitrogens with one attached hydrogen (secondary N) is 1. The maximum atomic E-state index is 13.1. The number of carbonyl (C=O) groups excluding carboxylic acids is 2. The van der Waals surface area contributed by atoms with Crippen LogP contribution in [0.15, 0.2) is 36.5 Å². The van der Waals surface area contributed by atoms with E-state index in [9.17, 15) is 22.8 Å². The van der Waals surface area contributed by atoms with Crippen LogP contribution in [0.4, 0.5) is 23.7 Å². The molecule has 0 spiro atoms. The van der Waals surface area contributed by atoms with Gasteiger partial charge in [0.05, 0.1) is 24.4 Å². The number of rotatable bonds is 9. The van der Waals surface area contributed by atoms with Gasteiger partial charge in [0.15, 0.2) is 0 Å². The molecule has 2 fully saturated rings. The van der Waals surface area contributed by atoms with Crippen LogP contribution in [-0.4, -0.2) is 82.5 Å². The van der Waals surface area contributed by atoms with E-state index in [1.54, 1.807) is 12.1 Å². The Morgan fingerprint density at radius 3 is 2.38 bits per heavy atom. The normalized spacial score (nSPS) is 19.5. The van der Waals surface area contributed by atoms with E-state index in [1.807, 2.05) is 36.5 Å². The third-order valence-corrected chi connectivity index (χ3v) is 9.31. The summed E-state index contributed by atoms with van der Waals surface area (Å²) < 4.78 is 52.3. The molecule has 2 aliphatic rings. The lowest BCUT2D eigenvalue weighted by atomic mass is 9.85. The number of alkyl halides is 3. The summed E-state index contributed by atoms with van der Waals surface area (Å²) in [5.41, 5.74) is -0.905. The first kappa shape index (κ1) is 35.4. The van der Waals surface area contributed by atoms with E-state index in [0.29, 0.717) is 28.8 Å². The number of likely N-dealkylation sites (tertiary alicyclic amines) is 1. The second-order valence-electron chi connectivity index (χ2n) is 14.2. The maximum absolute atomic E-state index is 13.1. The number of amides is 2. The Bertz CT molecular complexity index is 1570. The van der Waals surface area contributed by atoms with Gasteiger partial charge in [-0.2, -0.15) is 18.3 Å². The van der Waals surface area contributed by atoms with E-state index in [4.69, 9.17) is 14.6 Å². The standard InChI is InChI=1S/C35H47F3N6O4/c1-34(2,3)48-33(46)43-17-14-23(15-18-43)13-16-42(4)21-24-9-11-26(12-10-24)44-22-25-19-29(30(47-5)20-28(25)41-44)40-32(45)27-7-6-8-31(39-27)35(36,37)38/h6-8,19-20,22-24,26H,9-18,21H2,1-5H3,(H,40,45). The fraction of sp³-hybridized carbons (Fsp3) is 0.600. The summed E-state index contributed by atoms with van der Waals surface area (Å²) in [5.74, 6) is 0.837. The van der Waals surface area contributed by atoms with Crippen molar-refractivity contribution in [3.05, 3.63) is 47.9 Å². The SMILES string of the molecule is COc1cc2nn(C3CCC(CN(C)CCC4CCN(C(=O)OC(C)(C)C)CC4)CC3)cc2cc1NC(=O)c1cccc(C(F)(F)F)n1. The first-order valence-electron chi connectivity index (χ1n) is 16.8. The summed E-state index contributed by atoms with van der Waals surface area (Å²) >= 11 is 0. The Kier molecular flexibility index (Phi) is 10.9. The molecule has 0 unspecified atom stereocenters. The number of carbonyl (C=O) groups is 2. The predicted octanol–water partition coefficient (Wildman–Crippen LogP) is 7.41. The largest absolute Gasteiger partial charge is 0.494 e.